The molecule has 1 aliphatic rings. The van der Waals surface area contributed by atoms with E-state index >= 15 is 0 Å². The maximum Gasteiger partial charge on any atom is 0.404 e. The zero-order valence-electron chi connectivity index (χ0n) is 20.3. The van der Waals surface area contributed by atoms with Crippen molar-refractivity contribution in [1.29, 1.82) is 0 Å². The molecule has 0 saturated heterocycles. The van der Waals surface area contributed by atoms with Gasteiger partial charge in [-0.3, -0.25) is 9.89 Å². The van der Waals surface area contributed by atoms with Gasteiger partial charge < -0.3 is 20.5 Å². The molecule has 35 heavy (non-hydrogen) atoms. The van der Waals surface area contributed by atoms with E-state index in [1.807, 2.05) is 13.0 Å². The minimum absolute atomic E-state index is 0.0712. The Bertz CT molecular complexity index is 1150. The SMILES string of the molecule is COCc1ccc(CC(=O)Nc2cc(C3CCC(CC[C@H](C)NC(=O)O)C3)n[nH]2)c(S(C)(=O)=O)c1. The van der Waals surface area contributed by atoms with Gasteiger partial charge in [-0.2, -0.15) is 5.10 Å². The Kier molecular flexibility index (Phi) is 8.90. The molecule has 1 heterocycles. The van der Waals surface area contributed by atoms with Crippen LogP contribution in [0.25, 0.3) is 0 Å². The number of aromatic nitrogens is 2. The summed E-state index contributed by atoms with van der Waals surface area (Å²) in [5.74, 6) is 0.941. The average Bonchev–Trinajstić information content (AvgIpc) is 3.42. The van der Waals surface area contributed by atoms with Crippen LogP contribution in [0.5, 0.6) is 0 Å². The van der Waals surface area contributed by atoms with Crippen molar-refractivity contribution < 1.29 is 27.9 Å². The lowest BCUT2D eigenvalue weighted by molar-refractivity contribution is -0.115. The van der Waals surface area contributed by atoms with Crippen LogP contribution in [-0.4, -0.2) is 55.1 Å². The lowest BCUT2D eigenvalue weighted by Gasteiger charge is -2.14. The number of ether oxygens (including phenoxy) is 1. The minimum Gasteiger partial charge on any atom is -0.465 e. The second-order valence-corrected chi connectivity index (χ2v) is 11.4. The van der Waals surface area contributed by atoms with E-state index < -0.39 is 15.9 Å². The van der Waals surface area contributed by atoms with Crippen molar-refractivity contribution in [2.45, 2.75) is 68.9 Å². The molecule has 3 rings (SSSR count). The van der Waals surface area contributed by atoms with Gasteiger partial charge in [0.15, 0.2) is 9.84 Å². The summed E-state index contributed by atoms with van der Waals surface area (Å²) in [7, 11) is -1.98. The number of nitrogens with zero attached hydrogens (tertiary/aromatic N) is 1. The summed E-state index contributed by atoms with van der Waals surface area (Å²) in [6.07, 6.45) is 4.83. The molecule has 0 aliphatic heterocycles. The van der Waals surface area contributed by atoms with Crippen LogP contribution in [0.1, 0.15) is 61.8 Å². The number of hydrogen-bond donors (Lipinski definition) is 4. The van der Waals surface area contributed by atoms with Crippen LogP contribution in [-0.2, 0) is 32.4 Å². The number of methoxy groups -OCH3 is 1. The van der Waals surface area contributed by atoms with E-state index in [1.165, 1.54) is 7.11 Å². The molecule has 4 N–H and O–H groups in total. The number of anilines is 1. The van der Waals surface area contributed by atoms with Crippen LogP contribution >= 0.6 is 0 Å². The molecule has 2 amide bonds. The van der Waals surface area contributed by atoms with Gasteiger partial charge in [0.1, 0.15) is 5.82 Å². The largest absolute Gasteiger partial charge is 0.465 e. The first-order valence-electron chi connectivity index (χ1n) is 11.7. The van der Waals surface area contributed by atoms with Crippen molar-refractivity contribution in [1.82, 2.24) is 15.5 Å². The highest BCUT2D eigenvalue weighted by atomic mass is 32.2. The number of nitrogens with one attached hydrogen (secondary N) is 3. The van der Waals surface area contributed by atoms with Crippen molar-refractivity contribution in [3.05, 3.63) is 41.1 Å². The third-order valence-corrected chi connectivity index (χ3v) is 7.58. The Balaban J connectivity index is 1.56. The predicted octanol–water partition coefficient (Wildman–Crippen LogP) is 3.46. The summed E-state index contributed by atoms with van der Waals surface area (Å²) < 4.78 is 29.6. The van der Waals surface area contributed by atoms with E-state index in [2.05, 4.69) is 20.8 Å². The maximum absolute atomic E-state index is 12.7. The van der Waals surface area contributed by atoms with Crippen molar-refractivity contribution in [2.75, 3.05) is 18.7 Å². The van der Waals surface area contributed by atoms with Gasteiger partial charge in [0, 0.05) is 31.4 Å². The highest BCUT2D eigenvalue weighted by Crippen LogP contribution is 2.40. The third kappa shape index (κ3) is 7.79. The second-order valence-electron chi connectivity index (χ2n) is 9.38. The Labute approximate surface area is 205 Å². The normalized spacial score (nSPS) is 18.8. The van der Waals surface area contributed by atoms with E-state index in [0.717, 1.165) is 49.6 Å². The number of aromatic amines is 1. The monoisotopic (exact) mass is 506 g/mol. The first-order valence-corrected chi connectivity index (χ1v) is 13.6. The van der Waals surface area contributed by atoms with E-state index in [1.54, 1.807) is 18.2 Å². The summed E-state index contributed by atoms with van der Waals surface area (Å²) in [5, 5.41) is 21.3. The third-order valence-electron chi connectivity index (χ3n) is 6.40. The fourth-order valence-electron chi connectivity index (χ4n) is 4.70. The minimum atomic E-state index is -3.51. The van der Waals surface area contributed by atoms with E-state index in [9.17, 15) is 18.0 Å². The molecule has 192 valence electrons. The van der Waals surface area contributed by atoms with Crippen molar-refractivity contribution in [2.24, 2.45) is 5.92 Å². The summed E-state index contributed by atoms with van der Waals surface area (Å²) >= 11 is 0. The van der Waals surface area contributed by atoms with Crippen molar-refractivity contribution in [3.63, 3.8) is 0 Å². The fourth-order valence-corrected chi connectivity index (χ4v) is 5.68. The zero-order chi connectivity index (χ0) is 25.6. The van der Waals surface area contributed by atoms with Crippen molar-refractivity contribution in [3.8, 4) is 0 Å². The van der Waals surface area contributed by atoms with Crippen molar-refractivity contribution >= 4 is 27.7 Å². The number of carbonyl (C=O) groups excluding carboxylic acids is 1. The van der Waals surface area contributed by atoms with Gasteiger partial charge in [-0.25, -0.2) is 13.2 Å². The first-order chi connectivity index (χ1) is 16.5. The molecule has 11 heteroatoms. The lowest BCUT2D eigenvalue weighted by Crippen LogP contribution is -2.31. The first kappa shape index (κ1) is 26.7. The van der Waals surface area contributed by atoms with Crippen LogP contribution < -0.4 is 10.6 Å². The van der Waals surface area contributed by atoms with Gasteiger partial charge in [-0.15, -0.1) is 0 Å². The number of H-pyrrole nitrogens is 1. The van der Waals surface area contributed by atoms with Crippen LogP contribution in [0.4, 0.5) is 10.6 Å². The average molecular weight is 507 g/mol. The van der Waals surface area contributed by atoms with E-state index in [-0.39, 0.29) is 35.8 Å². The molecule has 2 unspecified atom stereocenters. The molecular weight excluding hydrogens is 472 g/mol. The fraction of sp³-hybridized carbons (Fsp3) is 0.542. The number of sulfone groups is 1. The Morgan fingerprint density at radius 1 is 1.29 bits per heavy atom. The van der Waals surface area contributed by atoms with Gasteiger partial charge in [-0.05, 0) is 62.1 Å². The van der Waals surface area contributed by atoms with Crippen LogP contribution in [0.15, 0.2) is 29.2 Å². The molecule has 1 fully saturated rings. The van der Waals surface area contributed by atoms with Gasteiger partial charge in [0.25, 0.3) is 0 Å². The molecule has 0 radical (unpaired) electrons. The molecule has 3 atom stereocenters. The summed E-state index contributed by atoms with van der Waals surface area (Å²) in [6, 6.07) is 6.71. The van der Waals surface area contributed by atoms with E-state index in [4.69, 9.17) is 9.84 Å². The summed E-state index contributed by atoms with van der Waals surface area (Å²) in [4.78, 5) is 23.5. The lowest BCUT2D eigenvalue weighted by atomic mass is 9.96. The number of benzene rings is 1. The smallest absolute Gasteiger partial charge is 0.404 e. The molecule has 1 aliphatic carbocycles. The quantitative estimate of drug-likeness (QED) is 0.364. The van der Waals surface area contributed by atoms with Crippen LogP contribution in [0, 0.1) is 5.92 Å². The molecule has 10 nitrogen and oxygen atoms in total. The van der Waals surface area contributed by atoms with Gasteiger partial charge >= 0.3 is 6.09 Å². The Hall–Kier alpha value is -2.92. The van der Waals surface area contributed by atoms with Gasteiger partial charge in [-0.1, -0.05) is 12.1 Å². The standard InChI is InChI=1S/C24H34N4O6S/c1-15(25-24(30)31)4-5-16-6-8-18(10-16)20-13-22(28-27-20)26-23(29)12-19-9-7-17(14-34-2)11-21(19)35(3,32)33/h7,9,11,13,15-16,18,25H,4-6,8,10,12,14H2,1-3H3,(H,30,31)(H2,26,27,28,29)/t15-,16?,18?/m0/s1. The highest BCUT2D eigenvalue weighted by Gasteiger charge is 2.28. The van der Waals surface area contributed by atoms with Crippen LogP contribution in [0.2, 0.25) is 0 Å². The number of hydrogen-bond acceptors (Lipinski definition) is 6. The highest BCUT2D eigenvalue weighted by molar-refractivity contribution is 7.90. The molecule has 2 aromatic rings. The van der Waals surface area contributed by atoms with E-state index in [0.29, 0.717) is 17.3 Å². The number of amides is 2. The summed E-state index contributed by atoms with van der Waals surface area (Å²) in [5.41, 5.74) is 2.04. The number of rotatable bonds is 11. The predicted molar refractivity (Wildman–Crippen MR) is 131 cm³/mol. The van der Waals surface area contributed by atoms with Crippen LogP contribution in [0.3, 0.4) is 0 Å². The summed E-state index contributed by atoms with van der Waals surface area (Å²) in [6.45, 7) is 2.16. The topological polar surface area (TPSA) is 150 Å². The zero-order valence-corrected chi connectivity index (χ0v) is 21.2. The number of carboxylic acid groups (broad SMARTS) is 1. The molecular formula is C24H34N4O6S. The number of carbonyl (C=O) groups is 2. The Morgan fingerprint density at radius 3 is 2.74 bits per heavy atom. The second kappa shape index (κ2) is 11.7. The maximum atomic E-state index is 12.7. The molecule has 1 aromatic heterocycles. The van der Waals surface area contributed by atoms with Gasteiger partial charge in [0.2, 0.25) is 5.91 Å². The molecule has 1 saturated carbocycles. The molecule has 1 aromatic carbocycles. The Morgan fingerprint density at radius 2 is 2.06 bits per heavy atom. The van der Waals surface area contributed by atoms with Gasteiger partial charge in [0.05, 0.1) is 23.6 Å². The molecule has 0 spiro atoms. The molecule has 0 bridgehead atoms.